The van der Waals surface area contributed by atoms with E-state index in [1.807, 2.05) is 32.2 Å². The first kappa shape index (κ1) is 18.0. The second-order valence-corrected chi connectivity index (χ2v) is 7.78. The summed E-state index contributed by atoms with van der Waals surface area (Å²) in [6.45, 7) is 12.0. The highest BCUT2D eigenvalue weighted by molar-refractivity contribution is 5.70. The fourth-order valence-corrected chi connectivity index (χ4v) is 3.42. The molecule has 1 aromatic carbocycles. The van der Waals surface area contributed by atoms with Crippen molar-refractivity contribution in [1.82, 2.24) is 9.88 Å². The molecule has 0 bridgehead atoms. The summed E-state index contributed by atoms with van der Waals surface area (Å²) in [5.74, 6) is 0. The quantitative estimate of drug-likeness (QED) is 0.813. The zero-order chi connectivity index (χ0) is 18.9. The average Bonchev–Trinajstić information content (AvgIpc) is 2.92. The van der Waals surface area contributed by atoms with Gasteiger partial charge in [0.25, 0.3) is 0 Å². The van der Waals surface area contributed by atoms with Crippen LogP contribution in [0.4, 0.5) is 5.69 Å². The van der Waals surface area contributed by atoms with Crippen molar-refractivity contribution in [3.63, 3.8) is 0 Å². The lowest BCUT2D eigenvalue weighted by atomic mass is 9.88. The van der Waals surface area contributed by atoms with Crippen LogP contribution in [0.1, 0.15) is 48.2 Å². The van der Waals surface area contributed by atoms with E-state index in [4.69, 9.17) is 5.73 Å². The van der Waals surface area contributed by atoms with Crippen LogP contribution in [0.25, 0.3) is 5.70 Å². The molecule has 2 aromatic rings. The van der Waals surface area contributed by atoms with E-state index < -0.39 is 0 Å². The molecule has 0 atom stereocenters. The van der Waals surface area contributed by atoms with Crippen LogP contribution < -0.4 is 5.73 Å². The molecule has 0 fully saturated rings. The van der Waals surface area contributed by atoms with Gasteiger partial charge in [0, 0.05) is 41.9 Å². The minimum Gasteiger partial charge on any atom is -0.399 e. The summed E-state index contributed by atoms with van der Waals surface area (Å²) >= 11 is 0. The number of aromatic nitrogens is 1. The Morgan fingerprint density at radius 2 is 2.12 bits per heavy atom. The Morgan fingerprint density at radius 3 is 2.81 bits per heavy atom. The van der Waals surface area contributed by atoms with E-state index in [1.165, 1.54) is 16.7 Å². The van der Waals surface area contributed by atoms with Crippen molar-refractivity contribution in [2.75, 3.05) is 5.73 Å². The molecule has 3 rings (SSSR count). The SMILES string of the molecule is C=C1c2c(ccnc2CCC(C)(C)C#N)CN1Cc1ccc(N)cc1C. The van der Waals surface area contributed by atoms with Crippen molar-refractivity contribution in [2.24, 2.45) is 5.41 Å². The molecule has 0 aliphatic carbocycles. The van der Waals surface area contributed by atoms with Gasteiger partial charge in [-0.15, -0.1) is 0 Å². The molecule has 1 aromatic heterocycles. The second kappa shape index (κ2) is 6.84. The van der Waals surface area contributed by atoms with E-state index in [0.717, 1.165) is 48.6 Å². The van der Waals surface area contributed by atoms with Crippen molar-refractivity contribution in [2.45, 2.75) is 46.7 Å². The molecule has 1 aliphatic rings. The molecule has 26 heavy (non-hydrogen) atoms. The Kier molecular flexibility index (Phi) is 4.73. The Labute approximate surface area is 156 Å². The topological polar surface area (TPSA) is 65.9 Å². The van der Waals surface area contributed by atoms with Crippen LogP contribution in [0.5, 0.6) is 0 Å². The number of aryl methyl sites for hydroxylation is 2. The average molecular weight is 346 g/mol. The number of nitrogen functional groups attached to an aromatic ring is 1. The van der Waals surface area contributed by atoms with Gasteiger partial charge >= 0.3 is 0 Å². The van der Waals surface area contributed by atoms with Gasteiger partial charge in [-0.1, -0.05) is 12.6 Å². The Morgan fingerprint density at radius 1 is 1.35 bits per heavy atom. The minimum absolute atomic E-state index is 0.342. The first-order valence-corrected chi connectivity index (χ1v) is 8.98. The largest absolute Gasteiger partial charge is 0.399 e. The lowest BCUT2D eigenvalue weighted by molar-refractivity contribution is 0.403. The van der Waals surface area contributed by atoms with Gasteiger partial charge in [-0.05, 0) is 68.5 Å². The zero-order valence-corrected chi connectivity index (χ0v) is 15.8. The second-order valence-electron chi connectivity index (χ2n) is 7.78. The molecule has 4 nitrogen and oxygen atoms in total. The molecule has 0 radical (unpaired) electrons. The van der Waals surface area contributed by atoms with Gasteiger partial charge < -0.3 is 10.6 Å². The maximum absolute atomic E-state index is 9.26. The third kappa shape index (κ3) is 3.57. The van der Waals surface area contributed by atoms with Crippen LogP contribution in [0.2, 0.25) is 0 Å². The van der Waals surface area contributed by atoms with Crippen LogP contribution in [0.3, 0.4) is 0 Å². The number of nitrogens with two attached hydrogens (primary N) is 1. The number of fused-ring (bicyclic) bond motifs is 1. The number of hydrogen-bond acceptors (Lipinski definition) is 4. The predicted octanol–water partition coefficient (Wildman–Crippen LogP) is 4.44. The molecular formula is C22H26N4. The molecule has 0 spiro atoms. The van der Waals surface area contributed by atoms with Crippen molar-refractivity contribution in [3.8, 4) is 6.07 Å². The summed E-state index contributed by atoms with van der Waals surface area (Å²) < 4.78 is 0. The highest BCUT2D eigenvalue weighted by Crippen LogP contribution is 2.36. The maximum atomic E-state index is 9.26. The number of rotatable bonds is 5. The lowest BCUT2D eigenvalue weighted by Crippen LogP contribution is -2.15. The summed E-state index contributed by atoms with van der Waals surface area (Å²) in [5, 5.41) is 9.26. The summed E-state index contributed by atoms with van der Waals surface area (Å²) in [5.41, 5.74) is 13.3. The van der Waals surface area contributed by atoms with Gasteiger partial charge in [0.1, 0.15) is 0 Å². The van der Waals surface area contributed by atoms with E-state index in [9.17, 15) is 5.26 Å². The molecule has 134 valence electrons. The van der Waals surface area contributed by atoms with E-state index >= 15 is 0 Å². The van der Waals surface area contributed by atoms with Crippen LogP contribution in [0, 0.1) is 23.7 Å². The maximum Gasteiger partial charge on any atom is 0.0684 e. The van der Waals surface area contributed by atoms with E-state index in [2.05, 4.69) is 41.6 Å². The third-order valence-corrected chi connectivity index (χ3v) is 5.16. The summed E-state index contributed by atoms with van der Waals surface area (Å²) in [6, 6.07) is 10.5. The molecule has 2 N–H and O–H groups in total. The number of anilines is 1. The third-order valence-electron chi connectivity index (χ3n) is 5.16. The highest BCUT2D eigenvalue weighted by atomic mass is 15.2. The number of pyridine rings is 1. The molecule has 2 heterocycles. The van der Waals surface area contributed by atoms with Crippen molar-refractivity contribution in [1.29, 1.82) is 5.26 Å². The van der Waals surface area contributed by atoms with Crippen molar-refractivity contribution >= 4 is 11.4 Å². The number of hydrogen-bond donors (Lipinski definition) is 1. The van der Waals surface area contributed by atoms with Crippen LogP contribution in [-0.2, 0) is 19.5 Å². The minimum atomic E-state index is -0.342. The van der Waals surface area contributed by atoms with Gasteiger partial charge in [-0.2, -0.15) is 5.26 Å². The number of benzene rings is 1. The van der Waals surface area contributed by atoms with E-state index in [-0.39, 0.29) is 5.41 Å². The normalized spacial score (nSPS) is 13.6. The van der Waals surface area contributed by atoms with Gasteiger partial charge in [-0.25, -0.2) is 0 Å². The predicted molar refractivity (Wildman–Crippen MR) is 106 cm³/mol. The fourth-order valence-electron chi connectivity index (χ4n) is 3.42. The van der Waals surface area contributed by atoms with Crippen LogP contribution in [0.15, 0.2) is 37.0 Å². The summed E-state index contributed by atoms with van der Waals surface area (Å²) in [6.07, 6.45) is 3.45. The molecular weight excluding hydrogens is 320 g/mol. The van der Waals surface area contributed by atoms with Gasteiger partial charge in [0.05, 0.1) is 11.5 Å². The molecule has 4 heteroatoms. The Hall–Kier alpha value is -2.80. The number of nitriles is 1. The first-order valence-electron chi connectivity index (χ1n) is 8.98. The van der Waals surface area contributed by atoms with E-state index in [0.29, 0.717) is 0 Å². The monoisotopic (exact) mass is 346 g/mol. The zero-order valence-electron chi connectivity index (χ0n) is 15.8. The van der Waals surface area contributed by atoms with E-state index in [1.54, 1.807) is 0 Å². The van der Waals surface area contributed by atoms with Crippen LogP contribution in [-0.4, -0.2) is 9.88 Å². The fraction of sp³-hybridized carbons (Fsp3) is 0.364. The van der Waals surface area contributed by atoms with Gasteiger partial charge in [-0.3, -0.25) is 4.98 Å². The van der Waals surface area contributed by atoms with Crippen molar-refractivity contribution < 1.29 is 0 Å². The summed E-state index contributed by atoms with van der Waals surface area (Å²) in [4.78, 5) is 6.89. The summed E-state index contributed by atoms with van der Waals surface area (Å²) in [7, 11) is 0. The van der Waals surface area contributed by atoms with Crippen LogP contribution >= 0.6 is 0 Å². The Bertz CT molecular complexity index is 890. The first-order chi connectivity index (χ1) is 12.3. The highest BCUT2D eigenvalue weighted by Gasteiger charge is 2.27. The standard InChI is InChI=1S/C22H26N4/c1-15-11-19(24)6-5-17(15)12-26-13-18-8-10-25-20(21(18)16(26)2)7-9-22(3,4)14-23/h5-6,8,10-11H,2,7,9,12-13,24H2,1,3-4H3. The Balaban J connectivity index is 1.81. The molecule has 0 unspecified atom stereocenters. The number of nitrogens with zero attached hydrogens (tertiary/aromatic N) is 3. The molecule has 0 amide bonds. The van der Waals surface area contributed by atoms with Gasteiger partial charge in [0.2, 0.25) is 0 Å². The molecule has 1 aliphatic heterocycles. The van der Waals surface area contributed by atoms with Gasteiger partial charge in [0.15, 0.2) is 0 Å². The molecule has 0 saturated heterocycles. The smallest absolute Gasteiger partial charge is 0.0684 e. The lowest BCUT2D eigenvalue weighted by Gasteiger charge is -2.21. The molecule has 0 saturated carbocycles. The van der Waals surface area contributed by atoms with Crippen molar-refractivity contribution in [3.05, 3.63) is 65.0 Å².